The third-order valence-electron chi connectivity index (χ3n) is 0.278. The van der Waals surface area contributed by atoms with E-state index in [0.717, 1.165) is 0 Å². The minimum atomic E-state index is -0.0382. The van der Waals surface area contributed by atoms with Gasteiger partial charge in [-0.2, -0.15) is 0 Å². The number of hydrogen-bond donors (Lipinski definition) is 0. The van der Waals surface area contributed by atoms with E-state index in [1.807, 2.05) is 0 Å². The van der Waals surface area contributed by atoms with Crippen LogP contribution in [0.3, 0.4) is 0 Å². The summed E-state index contributed by atoms with van der Waals surface area (Å²) < 4.78 is 0. The van der Waals surface area contributed by atoms with Crippen LogP contribution in [0.5, 0.6) is 0 Å². The van der Waals surface area contributed by atoms with Gasteiger partial charge in [0.2, 0.25) is 0 Å². The van der Waals surface area contributed by atoms with E-state index in [4.69, 9.17) is 11.6 Å². The van der Waals surface area contributed by atoms with E-state index in [9.17, 15) is 5.11 Å². The molecule has 40 valence electrons. The van der Waals surface area contributed by atoms with Crippen LogP contribution in [0.25, 0.3) is 0 Å². The maximum absolute atomic E-state index is 9.45. The van der Waals surface area contributed by atoms with Crippen molar-refractivity contribution in [2.45, 2.75) is 6.42 Å². The predicted molar refractivity (Wildman–Crippen MR) is 26.0 cm³/mol. The maximum Gasteiger partial charge on any atom is 2.00 e. The monoisotopic (exact) mass is 196 g/mol. The van der Waals surface area contributed by atoms with Gasteiger partial charge >= 0.3 is 23.1 Å². The first-order valence-corrected chi connectivity index (χ1v) is 2.09. The number of rotatable bonds is 2. The molecule has 7 heavy (non-hydrogen) atoms. The first kappa shape index (κ1) is 15.8. The molecule has 0 aliphatic rings. The molecule has 0 saturated carbocycles. The summed E-state index contributed by atoms with van der Waals surface area (Å²) >= 11 is 5.10. The fourth-order valence-electron chi connectivity index (χ4n) is 0.0546. The Balaban J connectivity index is -0.0000000800. The number of halogens is 2. The Kier molecular flexibility index (Phi) is 35.3. The molecule has 0 aliphatic carbocycles. The summed E-state index contributed by atoms with van der Waals surface area (Å²) in [5.41, 5.74) is 0. The maximum atomic E-state index is 9.45. The van der Waals surface area contributed by atoms with Crippen LogP contribution >= 0.6 is 11.6 Å². The van der Waals surface area contributed by atoms with Crippen molar-refractivity contribution in [2.24, 2.45) is 0 Å². The minimum absolute atomic E-state index is 0. The molecule has 0 aromatic heterocycles. The van der Waals surface area contributed by atoms with Crippen molar-refractivity contribution in [3.8, 4) is 0 Å². The van der Waals surface area contributed by atoms with Crippen molar-refractivity contribution in [2.75, 3.05) is 12.5 Å². The number of alkyl halides is 1. The normalized spacial score (nSPS) is 6.00. The number of hydrogen-bond acceptors (Lipinski definition) is 1. The van der Waals surface area contributed by atoms with E-state index in [1.165, 1.54) is 0 Å². The van der Waals surface area contributed by atoms with Gasteiger partial charge in [0.1, 0.15) is 0 Å². The Morgan fingerprint density at radius 1 is 1.43 bits per heavy atom. The molecular weight excluding hydrogens is 192 g/mol. The molecule has 0 saturated heterocycles. The fraction of sp³-hybridized carbons (Fsp3) is 1.00. The molecule has 0 fully saturated rings. The second-order valence-corrected chi connectivity index (χ2v) is 1.12. The first-order valence-electron chi connectivity index (χ1n) is 1.56. The van der Waals surface area contributed by atoms with Crippen LogP contribution in [0.15, 0.2) is 0 Å². The average Bonchev–Trinajstić information content (AvgIpc) is 1.41. The molecule has 0 aliphatic heterocycles. The van der Waals surface area contributed by atoms with Crippen molar-refractivity contribution in [3.05, 3.63) is 0 Å². The average molecular weight is 198 g/mol. The zero-order chi connectivity index (χ0) is 4.12. The SMILES string of the molecule is [Br-].[Mg+2].[O-]CCCCl. The Morgan fingerprint density at radius 2 is 1.86 bits per heavy atom. The van der Waals surface area contributed by atoms with Gasteiger partial charge in [-0.1, -0.05) is 6.42 Å². The van der Waals surface area contributed by atoms with Gasteiger partial charge in [0.15, 0.2) is 0 Å². The quantitative estimate of drug-likeness (QED) is 0.335. The fourth-order valence-corrected chi connectivity index (χ4v) is 0.164. The van der Waals surface area contributed by atoms with Gasteiger partial charge in [0, 0.05) is 5.88 Å². The molecule has 0 unspecified atom stereocenters. The second-order valence-electron chi connectivity index (χ2n) is 0.747. The zero-order valence-corrected chi connectivity index (χ0v) is 7.75. The topological polar surface area (TPSA) is 23.1 Å². The molecule has 1 nitrogen and oxygen atoms in total. The second kappa shape index (κ2) is 15.6. The van der Waals surface area contributed by atoms with Crippen LogP contribution in [-0.4, -0.2) is 35.5 Å². The molecule has 0 bridgehead atoms. The molecule has 0 atom stereocenters. The van der Waals surface area contributed by atoms with Crippen molar-refractivity contribution in [1.29, 1.82) is 0 Å². The van der Waals surface area contributed by atoms with E-state index in [1.54, 1.807) is 0 Å². The molecule has 0 amide bonds. The minimum Gasteiger partial charge on any atom is -1.00 e. The van der Waals surface area contributed by atoms with Crippen molar-refractivity contribution >= 4 is 34.7 Å². The van der Waals surface area contributed by atoms with Crippen molar-refractivity contribution < 1.29 is 22.1 Å². The van der Waals surface area contributed by atoms with Gasteiger partial charge in [0.25, 0.3) is 0 Å². The standard InChI is InChI=1S/C3H6ClO.BrH.Mg/c4-2-1-3-5;;/h1-3H2;1H;/q-1;;+2/p-1. The van der Waals surface area contributed by atoms with E-state index >= 15 is 0 Å². The van der Waals surface area contributed by atoms with Crippen LogP contribution in [0.2, 0.25) is 0 Å². The van der Waals surface area contributed by atoms with Crippen LogP contribution in [0.4, 0.5) is 0 Å². The molecule has 0 N–H and O–H groups in total. The van der Waals surface area contributed by atoms with Gasteiger partial charge in [0.05, 0.1) is 0 Å². The molecule has 0 heterocycles. The van der Waals surface area contributed by atoms with E-state index < -0.39 is 0 Å². The summed E-state index contributed by atoms with van der Waals surface area (Å²) in [6, 6.07) is 0. The Bertz CT molecular complexity index is 22.4. The van der Waals surface area contributed by atoms with Crippen LogP contribution in [0.1, 0.15) is 6.42 Å². The van der Waals surface area contributed by atoms with E-state index in [-0.39, 0.29) is 46.6 Å². The summed E-state index contributed by atoms with van der Waals surface area (Å²) in [5.74, 6) is 0.503. The first-order chi connectivity index (χ1) is 2.41. The van der Waals surface area contributed by atoms with Gasteiger partial charge < -0.3 is 22.1 Å². The molecule has 0 aromatic carbocycles. The molecule has 0 spiro atoms. The molecule has 0 radical (unpaired) electrons. The Morgan fingerprint density at radius 3 is 1.86 bits per heavy atom. The van der Waals surface area contributed by atoms with E-state index in [2.05, 4.69) is 0 Å². The third-order valence-corrected chi connectivity index (χ3v) is 0.545. The summed E-state index contributed by atoms with van der Waals surface area (Å²) in [6.45, 7) is -0.0382. The molecule has 0 rings (SSSR count). The third kappa shape index (κ3) is 18.5. The van der Waals surface area contributed by atoms with Crippen LogP contribution < -0.4 is 22.1 Å². The molecule has 0 aromatic rings. The Hall–Kier alpha value is 1.50. The van der Waals surface area contributed by atoms with Gasteiger partial charge in [-0.25, -0.2) is 0 Å². The van der Waals surface area contributed by atoms with Gasteiger partial charge in [-0.05, 0) is 0 Å². The summed E-state index contributed by atoms with van der Waals surface area (Å²) in [6.07, 6.45) is 0.599. The van der Waals surface area contributed by atoms with Crippen LogP contribution in [-0.2, 0) is 0 Å². The van der Waals surface area contributed by atoms with E-state index in [0.29, 0.717) is 12.3 Å². The molecular formula is C3H6BrClMgO. The zero-order valence-electron chi connectivity index (χ0n) is 3.99. The van der Waals surface area contributed by atoms with Crippen molar-refractivity contribution in [1.82, 2.24) is 0 Å². The van der Waals surface area contributed by atoms with Gasteiger partial charge in [-0.3, -0.25) is 0 Å². The summed E-state index contributed by atoms with van der Waals surface area (Å²) in [7, 11) is 0. The molecule has 4 heteroatoms. The largest absolute Gasteiger partial charge is 2.00 e. The Labute approximate surface area is 75.3 Å². The van der Waals surface area contributed by atoms with Gasteiger partial charge in [-0.15, -0.1) is 18.2 Å². The summed E-state index contributed by atoms with van der Waals surface area (Å²) in [4.78, 5) is 0. The summed E-state index contributed by atoms with van der Waals surface area (Å²) in [5, 5.41) is 9.45. The van der Waals surface area contributed by atoms with Crippen LogP contribution in [0, 0.1) is 0 Å². The smallest absolute Gasteiger partial charge is 1.00 e. The predicted octanol–water partition coefficient (Wildman–Crippen LogP) is -3.40. The van der Waals surface area contributed by atoms with Crippen molar-refractivity contribution in [3.63, 3.8) is 0 Å².